The van der Waals surface area contributed by atoms with Gasteiger partial charge < -0.3 is 10.6 Å². The number of rotatable bonds is 8. The summed E-state index contributed by atoms with van der Waals surface area (Å²) in [6.07, 6.45) is 2.15. The molecule has 0 fully saturated rings. The van der Waals surface area contributed by atoms with Crippen molar-refractivity contribution in [3.05, 3.63) is 10.6 Å². The molecule has 0 aliphatic rings. The normalized spacial score (nSPS) is 12.9. The maximum absolute atomic E-state index is 4.10. The first-order chi connectivity index (χ1) is 7.77. The van der Waals surface area contributed by atoms with Crippen LogP contribution in [0.15, 0.2) is 0 Å². The minimum Gasteiger partial charge on any atom is -0.315 e. The molecule has 0 aliphatic heterocycles. The fourth-order valence-corrected chi connectivity index (χ4v) is 2.14. The van der Waals surface area contributed by atoms with E-state index in [-0.39, 0.29) is 0 Å². The van der Waals surface area contributed by atoms with E-state index in [0.717, 1.165) is 31.7 Å². The number of hydrogen-bond acceptors (Lipinski definition) is 5. The molecule has 1 heterocycles. The lowest BCUT2D eigenvalue weighted by molar-refractivity contribution is 0.502. The monoisotopic (exact) mass is 242 g/mol. The van der Waals surface area contributed by atoms with Gasteiger partial charge in [0.2, 0.25) is 0 Å². The maximum Gasteiger partial charge on any atom is 0.0797 e. The molecule has 0 spiro atoms. The van der Waals surface area contributed by atoms with Crippen LogP contribution in [0.1, 0.15) is 37.8 Å². The predicted octanol–water partition coefficient (Wildman–Crippen LogP) is 1.58. The highest BCUT2D eigenvalue weighted by molar-refractivity contribution is 7.05. The van der Waals surface area contributed by atoms with Gasteiger partial charge in [0.1, 0.15) is 0 Å². The first-order valence-corrected chi connectivity index (χ1v) is 6.79. The van der Waals surface area contributed by atoms with E-state index in [2.05, 4.69) is 41.0 Å². The van der Waals surface area contributed by atoms with Crippen molar-refractivity contribution in [3.8, 4) is 0 Å². The Labute approximate surface area is 102 Å². The van der Waals surface area contributed by atoms with Gasteiger partial charge >= 0.3 is 0 Å². The Morgan fingerprint density at radius 2 is 2.19 bits per heavy atom. The van der Waals surface area contributed by atoms with E-state index in [4.69, 9.17) is 0 Å². The van der Waals surface area contributed by atoms with Gasteiger partial charge in [-0.25, -0.2) is 0 Å². The van der Waals surface area contributed by atoms with Crippen molar-refractivity contribution in [1.29, 1.82) is 0 Å². The van der Waals surface area contributed by atoms with E-state index >= 15 is 0 Å². The van der Waals surface area contributed by atoms with Crippen LogP contribution in [0.5, 0.6) is 0 Å². The lowest BCUT2D eigenvalue weighted by Crippen LogP contribution is -2.36. The zero-order valence-electron chi connectivity index (χ0n) is 10.4. The van der Waals surface area contributed by atoms with Crippen LogP contribution in [-0.4, -0.2) is 28.7 Å². The van der Waals surface area contributed by atoms with Gasteiger partial charge in [0.05, 0.1) is 10.6 Å². The van der Waals surface area contributed by atoms with Crippen molar-refractivity contribution in [3.63, 3.8) is 0 Å². The molecule has 0 saturated heterocycles. The number of nitrogens with one attached hydrogen (secondary N) is 2. The molecule has 0 aliphatic carbocycles. The van der Waals surface area contributed by atoms with Crippen molar-refractivity contribution in [1.82, 2.24) is 20.2 Å². The molecular formula is C11H22N4S. The maximum atomic E-state index is 4.10. The standard InChI is InChI=1S/C11H22N4S/c1-4-6-12-7-9(3)13-8-11-10(5-2)14-15-16-11/h9,12-13H,4-8H2,1-3H3. The lowest BCUT2D eigenvalue weighted by Gasteiger charge is -2.13. The third kappa shape index (κ3) is 4.55. The van der Waals surface area contributed by atoms with Gasteiger partial charge in [-0.2, -0.15) is 0 Å². The predicted molar refractivity (Wildman–Crippen MR) is 68.7 cm³/mol. The summed E-state index contributed by atoms with van der Waals surface area (Å²) in [4.78, 5) is 1.27. The second-order valence-electron chi connectivity index (χ2n) is 3.98. The Morgan fingerprint density at radius 1 is 1.38 bits per heavy atom. The van der Waals surface area contributed by atoms with E-state index in [1.54, 1.807) is 0 Å². The minimum absolute atomic E-state index is 0.485. The molecule has 1 aromatic rings. The molecule has 1 atom stereocenters. The highest BCUT2D eigenvalue weighted by atomic mass is 32.1. The molecule has 1 rings (SSSR count). The second kappa shape index (κ2) is 7.70. The molecule has 0 saturated carbocycles. The summed E-state index contributed by atoms with van der Waals surface area (Å²) in [6, 6.07) is 0.485. The van der Waals surface area contributed by atoms with Gasteiger partial charge in [0.15, 0.2) is 0 Å². The van der Waals surface area contributed by atoms with E-state index in [1.807, 2.05) is 0 Å². The topological polar surface area (TPSA) is 49.8 Å². The Bertz CT molecular complexity index is 287. The van der Waals surface area contributed by atoms with Crippen LogP contribution < -0.4 is 10.6 Å². The third-order valence-electron chi connectivity index (χ3n) is 2.46. The Hall–Kier alpha value is -0.520. The largest absolute Gasteiger partial charge is 0.315 e. The van der Waals surface area contributed by atoms with E-state index in [0.29, 0.717) is 6.04 Å². The number of aryl methyl sites for hydroxylation is 1. The molecule has 0 radical (unpaired) electrons. The molecule has 1 unspecified atom stereocenters. The molecule has 0 bridgehead atoms. The minimum atomic E-state index is 0.485. The summed E-state index contributed by atoms with van der Waals surface area (Å²) < 4.78 is 3.98. The third-order valence-corrected chi connectivity index (χ3v) is 3.22. The van der Waals surface area contributed by atoms with Gasteiger partial charge in [-0.05, 0) is 37.8 Å². The smallest absolute Gasteiger partial charge is 0.0797 e. The Kier molecular flexibility index (Phi) is 6.52. The molecule has 0 aromatic carbocycles. The quantitative estimate of drug-likeness (QED) is 0.680. The average molecular weight is 242 g/mol. The fraction of sp³-hybridized carbons (Fsp3) is 0.818. The average Bonchev–Trinajstić information content (AvgIpc) is 2.74. The highest BCUT2D eigenvalue weighted by Crippen LogP contribution is 2.10. The molecule has 0 amide bonds. The molecule has 2 N–H and O–H groups in total. The van der Waals surface area contributed by atoms with Gasteiger partial charge in [-0.1, -0.05) is 18.3 Å². The molecule has 4 nitrogen and oxygen atoms in total. The first-order valence-electron chi connectivity index (χ1n) is 6.02. The van der Waals surface area contributed by atoms with Gasteiger partial charge in [0, 0.05) is 19.1 Å². The SMILES string of the molecule is CCCNCC(C)NCc1snnc1CC. The van der Waals surface area contributed by atoms with Crippen molar-refractivity contribution in [2.24, 2.45) is 0 Å². The number of nitrogens with zero attached hydrogens (tertiary/aromatic N) is 2. The number of aromatic nitrogens is 2. The van der Waals surface area contributed by atoms with Gasteiger partial charge in [0.25, 0.3) is 0 Å². The van der Waals surface area contributed by atoms with Crippen LogP contribution in [0.25, 0.3) is 0 Å². The van der Waals surface area contributed by atoms with Crippen LogP contribution in [0.4, 0.5) is 0 Å². The summed E-state index contributed by atoms with van der Waals surface area (Å²) in [5.74, 6) is 0. The summed E-state index contributed by atoms with van der Waals surface area (Å²) in [5.41, 5.74) is 1.13. The van der Waals surface area contributed by atoms with Crippen molar-refractivity contribution in [2.45, 2.75) is 46.2 Å². The molecule has 1 aromatic heterocycles. The fourth-order valence-electron chi connectivity index (χ4n) is 1.46. The Morgan fingerprint density at radius 3 is 2.88 bits per heavy atom. The van der Waals surface area contributed by atoms with E-state index in [1.165, 1.54) is 22.8 Å². The van der Waals surface area contributed by atoms with Gasteiger partial charge in [-0.3, -0.25) is 0 Å². The van der Waals surface area contributed by atoms with Crippen molar-refractivity contribution in [2.75, 3.05) is 13.1 Å². The molecule has 16 heavy (non-hydrogen) atoms. The van der Waals surface area contributed by atoms with Crippen LogP contribution in [0, 0.1) is 0 Å². The van der Waals surface area contributed by atoms with Crippen LogP contribution >= 0.6 is 11.5 Å². The summed E-state index contributed by atoms with van der Waals surface area (Å²) in [5, 5.41) is 11.0. The summed E-state index contributed by atoms with van der Waals surface area (Å²) >= 11 is 1.50. The molecule has 92 valence electrons. The van der Waals surface area contributed by atoms with E-state index < -0.39 is 0 Å². The number of hydrogen-bond donors (Lipinski definition) is 2. The molecule has 5 heteroatoms. The highest BCUT2D eigenvalue weighted by Gasteiger charge is 2.07. The van der Waals surface area contributed by atoms with Gasteiger partial charge in [-0.15, -0.1) is 5.10 Å². The Balaban J connectivity index is 2.23. The van der Waals surface area contributed by atoms with Crippen LogP contribution in [0.3, 0.4) is 0 Å². The van der Waals surface area contributed by atoms with Crippen molar-refractivity contribution < 1.29 is 0 Å². The van der Waals surface area contributed by atoms with Crippen LogP contribution in [-0.2, 0) is 13.0 Å². The van der Waals surface area contributed by atoms with Crippen molar-refractivity contribution >= 4 is 11.5 Å². The van der Waals surface area contributed by atoms with E-state index in [9.17, 15) is 0 Å². The zero-order chi connectivity index (χ0) is 11.8. The summed E-state index contributed by atoms with van der Waals surface area (Å²) in [7, 11) is 0. The molecular weight excluding hydrogens is 220 g/mol. The van der Waals surface area contributed by atoms with Crippen LogP contribution in [0.2, 0.25) is 0 Å². The lowest BCUT2D eigenvalue weighted by atomic mass is 10.2. The second-order valence-corrected chi connectivity index (χ2v) is 4.82. The summed E-state index contributed by atoms with van der Waals surface area (Å²) in [6.45, 7) is 9.49. The first kappa shape index (κ1) is 13.5. The zero-order valence-corrected chi connectivity index (χ0v) is 11.2.